The smallest absolute Gasteiger partial charge is 0.271 e. The highest BCUT2D eigenvalue weighted by Crippen LogP contribution is 2.31. The van der Waals surface area contributed by atoms with Gasteiger partial charge in [-0.3, -0.25) is 4.79 Å². The number of aromatic nitrogens is 1. The Hall–Kier alpha value is -1.70. The van der Waals surface area contributed by atoms with Gasteiger partial charge in [0.2, 0.25) is 0 Å². The zero-order valence-electron chi connectivity index (χ0n) is 17.4. The Morgan fingerprint density at radius 1 is 1.14 bits per heavy atom. The quantitative estimate of drug-likeness (QED) is 0.835. The molecule has 0 spiro atoms. The molecule has 4 fully saturated rings. The third-order valence-corrected chi connectivity index (χ3v) is 8.01. The lowest BCUT2D eigenvalue weighted by Gasteiger charge is -2.44. The molecule has 2 bridgehead atoms. The summed E-state index contributed by atoms with van der Waals surface area (Å²) in [5.74, 6) is 0.625. The van der Waals surface area contributed by atoms with Gasteiger partial charge in [0.25, 0.3) is 5.91 Å². The largest absolute Gasteiger partial charge is 0.371 e. The van der Waals surface area contributed by atoms with Gasteiger partial charge in [0.15, 0.2) is 0 Å². The van der Waals surface area contributed by atoms with Crippen LogP contribution >= 0.6 is 11.5 Å². The van der Waals surface area contributed by atoms with E-state index < -0.39 is 0 Å². The number of carbonyl (C=O) groups excluding carboxylic acids is 1. The molecule has 0 aliphatic carbocycles. The normalized spacial score (nSPS) is 27.7. The average Bonchev–Trinajstić information content (AvgIpc) is 3.18. The van der Waals surface area contributed by atoms with E-state index in [0.717, 1.165) is 29.7 Å². The molecule has 6 nitrogen and oxygen atoms in total. The van der Waals surface area contributed by atoms with E-state index in [-0.39, 0.29) is 11.9 Å². The van der Waals surface area contributed by atoms with Crippen LogP contribution in [0.15, 0.2) is 18.2 Å². The van der Waals surface area contributed by atoms with E-state index in [9.17, 15) is 4.79 Å². The summed E-state index contributed by atoms with van der Waals surface area (Å²) in [7, 11) is 4.35. The summed E-state index contributed by atoms with van der Waals surface area (Å²) in [6, 6.07) is 7.43. The average molecular weight is 414 g/mol. The van der Waals surface area contributed by atoms with Crippen LogP contribution in [0, 0.1) is 5.92 Å². The number of rotatable bonds is 4. The van der Waals surface area contributed by atoms with Gasteiger partial charge in [0.05, 0.1) is 4.70 Å². The number of hydrogen-bond donors (Lipinski definition) is 1. The monoisotopic (exact) mass is 413 g/mol. The molecule has 1 aromatic carbocycles. The van der Waals surface area contributed by atoms with Crippen molar-refractivity contribution >= 4 is 33.2 Å². The van der Waals surface area contributed by atoms with E-state index in [4.69, 9.17) is 0 Å². The van der Waals surface area contributed by atoms with Gasteiger partial charge in [-0.2, -0.15) is 4.37 Å². The first kappa shape index (κ1) is 19.3. The number of nitrogens with zero attached hydrogens (tertiary/aromatic N) is 4. The first-order valence-corrected chi connectivity index (χ1v) is 11.7. The Balaban J connectivity index is 1.29. The van der Waals surface area contributed by atoms with Crippen LogP contribution in [0.4, 0.5) is 5.69 Å². The molecule has 0 unspecified atom stereocenters. The van der Waals surface area contributed by atoms with Gasteiger partial charge < -0.3 is 20.0 Å². The van der Waals surface area contributed by atoms with Gasteiger partial charge in [0.1, 0.15) is 5.69 Å². The maximum atomic E-state index is 13.0. The molecule has 0 radical (unpaired) electrons. The van der Waals surface area contributed by atoms with Crippen molar-refractivity contribution < 1.29 is 4.79 Å². The second-order valence-electron chi connectivity index (χ2n) is 9.11. The molecule has 4 saturated heterocycles. The highest BCUT2D eigenvalue weighted by atomic mass is 32.1. The number of fused-ring (bicyclic) bond motifs is 4. The number of anilines is 1. The van der Waals surface area contributed by atoms with E-state index in [2.05, 4.69) is 56.7 Å². The second kappa shape index (κ2) is 7.85. The van der Waals surface area contributed by atoms with Crippen LogP contribution in [0.3, 0.4) is 0 Å². The topological polar surface area (TPSA) is 51.7 Å². The summed E-state index contributed by atoms with van der Waals surface area (Å²) in [6.07, 6.45) is 4.80. The fourth-order valence-corrected chi connectivity index (χ4v) is 6.10. The van der Waals surface area contributed by atoms with Gasteiger partial charge in [0, 0.05) is 42.8 Å². The van der Waals surface area contributed by atoms with Crippen molar-refractivity contribution in [1.82, 2.24) is 19.5 Å². The second-order valence-corrected chi connectivity index (χ2v) is 9.92. The van der Waals surface area contributed by atoms with Gasteiger partial charge >= 0.3 is 0 Å². The van der Waals surface area contributed by atoms with Crippen LogP contribution in [0.25, 0.3) is 10.1 Å². The van der Waals surface area contributed by atoms with Gasteiger partial charge in [-0.25, -0.2) is 0 Å². The van der Waals surface area contributed by atoms with Crippen LogP contribution in [0.2, 0.25) is 0 Å². The molecule has 6 rings (SSSR count). The molecule has 1 atom stereocenters. The van der Waals surface area contributed by atoms with Gasteiger partial charge in [-0.1, -0.05) is 0 Å². The minimum absolute atomic E-state index is 0.00505. The number of amides is 1. The Bertz CT molecular complexity index is 880. The molecule has 4 aliphatic heterocycles. The standard InChI is InChI=1S/C22H31N5OS/c1-25(2)16-7-11-27(12-8-16)17-3-4-18-20(13-17)29-24-21(18)22(28)23-19-14-26-9-5-15(19)6-10-26/h3-4,13,15-16,19H,5-12,14H2,1-2H3,(H,23,28)/t19-/m0/s1. The van der Waals surface area contributed by atoms with Crippen LogP contribution in [0.5, 0.6) is 0 Å². The van der Waals surface area contributed by atoms with E-state index in [0.29, 0.717) is 17.7 Å². The summed E-state index contributed by atoms with van der Waals surface area (Å²) in [5, 5.41) is 4.27. The molecule has 156 valence electrons. The predicted molar refractivity (Wildman–Crippen MR) is 119 cm³/mol. The van der Waals surface area contributed by atoms with Crippen LogP contribution in [-0.4, -0.2) is 79.0 Å². The van der Waals surface area contributed by atoms with Crippen molar-refractivity contribution in [2.24, 2.45) is 5.92 Å². The number of nitrogens with one attached hydrogen (secondary N) is 1. The summed E-state index contributed by atoms with van der Waals surface area (Å²) < 4.78 is 5.64. The fourth-order valence-electron chi connectivity index (χ4n) is 5.29. The number of carbonyl (C=O) groups is 1. The van der Waals surface area contributed by atoms with E-state index >= 15 is 0 Å². The van der Waals surface area contributed by atoms with Crippen LogP contribution in [-0.2, 0) is 0 Å². The summed E-state index contributed by atoms with van der Waals surface area (Å²) in [6.45, 7) is 5.53. The fraction of sp³-hybridized carbons (Fsp3) is 0.636. The van der Waals surface area contributed by atoms with E-state index in [1.165, 1.54) is 56.0 Å². The maximum absolute atomic E-state index is 13.0. The minimum atomic E-state index is -0.00505. The Labute approximate surface area is 177 Å². The first-order valence-electron chi connectivity index (χ1n) is 10.9. The minimum Gasteiger partial charge on any atom is -0.371 e. The molecule has 1 amide bonds. The highest BCUT2D eigenvalue weighted by molar-refractivity contribution is 7.13. The molecule has 0 saturated carbocycles. The summed E-state index contributed by atoms with van der Waals surface area (Å²) in [5.41, 5.74) is 1.85. The molecule has 29 heavy (non-hydrogen) atoms. The zero-order chi connectivity index (χ0) is 20.0. The van der Waals surface area contributed by atoms with Gasteiger partial charge in [-0.15, -0.1) is 0 Å². The molecular formula is C22H31N5OS. The third-order valence-electron chi connectivity index (χ3n) is 7.20. The van der Waals surface area contributed by atoms with Crippen molar-refractivity contribution in [2.75, 3.05) is 51.7 Å². The lowest BCUT2D eigenvalue weighted by atomic mass is 9.84. The summed E-state index contributed by atoms with van der Waals surface area (Å²) >= 11 is 1.45. The number of hydrogen-bond acceptors (Lipinski definition) is 6. The maximum Gasteiger partial charge on any atom is 0.271 e. The van der Waals surface area contributed by atoms with Crippen LogP contribution < -0.4 is 10.2 Å². The Morgan fingerprint density at radius 3 is 2.55 bits per heavy atom. The summed E-state index contributed by atoms with van der Waals surface area (Å²) in [4.78, 5) is 20.2. The predicted octanol–water partition coefficient (Wildman–Crippen LogP) is 2.65. The van der Waals surface area contributed by atoms with Crippen molar-refractivity contribution in [3.8, 4) is 0 Å². The number of piperidine rings is 4. The van der Waals surface area contributed by atoms with Crippen molar-refractivity contribution in [3.63, 3.8) is 0 Å². The van der Waals surface area contributed by atoms with Crippen molar-refractivity contribution in [1.29, 1.82) is 0 Å². The Morgan fingerprint density at radius 2 is 1.90 bits per heavy atom. The molecule has 2 aromatic rings. The van der Waals surface area contributed by atoms with Crippen molar-refractivity contribution in [3.05, 3.63) is 23.9 Å². The van der Waals surface area contributed by atoms with E-state index in [1.54, 1.807) is 0 Å². The zero-order valence-corrected chi connectivity index (χ0v) is 18.2. The SMILES string of the molecule is CN(C)C1CCN(c2ccc3c(C(=O)N[C@H]4CN5CCC4CC5)nsc3c2)CC1. The molecule has 1 N–H and O–H groups in total. The highest BCUT2D eigenvalue weighted by Gasteiger charge is 2.35. The lowest BCUT2D eigenvalue weighted by Crippen LogP contribution is -2.57. The van der Waals surface area contributed by atoms with E-state index in [1.807, 2.05) is 0 Å². The molecule has 1 aromatic heterocycles. The third kappa shape index (κ3) is 3.76. The Kier molecular flexibility index (Phi) is 5.22. The number of benzene rings is 1. The van der Waals surface area contributed by atoms with Gasteiger partial charge in [-0.05, 0) is 88.5 Å². The van der Waals surface area contributed by atoms with Crippen molar-refractivity contribution in [2.45, 2.75) is 37.8 Å². The lowest BCUT2D eigenvalue weighted by molar-refractivity contribution is 0.0619. The van der Waals surface area contributed by atoms with Crippen LogP contribution in [0.1, 0.15) is 36.2 Å². The molecule has 4 aliphatic rings. The molecular weight excluding hydrogens is 382 g/mol. The first-order chi connectivity index (χ1) is 14.1. The molecule has 7 heteroatoms. The molecule has 5 heterocycles.